The minimum atomic E-state index is 0.218. The van der Waals surface area contributed by atoms with Crippen molar-refractivity contribution in [3.05, 3.63) is 11.9 Å². The number of nitrogens with zero attached hydrogens (tertiary/aromatic N) is 3. The van der Waals surface area contributed by atoms with Gasteiger partial charge in [-0.05, 0) is 20.9 Å². The molecule has 1 aliphatic rings. The van der Waals surface area contributed by atoms with Gasteiger partial charge in [0.25, 0.3) is 0 Å². The fourth-order valence-corrected chi connectivity index (χ4v) is 2.17. The van der Waals surface area contributed by atoms with Crippen molar-refractivity contribution in [3.8, 4) is 0 Å². The zero-order chi connectivity index (χ0) is 13.7. The number of ether oxygens (including phenoxy) is 1. The summed E-state index contributed by atoms with van der Waals surface area (Å²) in [7, 11) is 2.12. The van der Waals surface area contributed by atoms with E-state index in [0.29, 0.717) is 0 Å². The summed E-state index contributed by atoms with van der Waals surface area (Å²) in [6.45, 7) is 8.47. The maximum absolute atomic E-state index is 5.72. The molecule has 2 N–H and O–H groups in total. The highest BCUT2D eigenvalue weighted by Gasteiger charge is 2.18. The third-order valence-corrected chi connectivity index (χ3v) is 3.27. The molecule has 1 unspecified atom stereocenters. The first-order valence-corrected chi connectivity index (χ1v) is 6.80. The van der Waals surface area contributed by atoms with E-state index in [1.165, 1.54) is 0 Å². The normalized spacial score (nSPS) is 20.3. The Bertz CT molecular complexity index is 412. The summed E-state index contributed by atoms with van der Waals surface area (Å²) in [6.07, 6.45) is 1.80. The van der Waals surface area contributed by atoms with Gasteiger partial charge in [-0.15, -0.1) is 0 Å². The van der Waals surface area contributed by atoms with E-state index in [2.05, 4.69) is 39.5 Å². The Kier molecular flexibility index (Phi) is 4.93. The smallest absolute Gasteiger partial charge is 0.134 e. The molecule has 1 fully saturated rings. The fraction of sp³-hybridized carbons (Fsp3) is 0.692. The average Bonchev–Trinajstić information content (AvgIpc) is 2.40. The van der Waals surface area contributed by atoms with Crippen LogP contribution in [-0.4, -0.2) is 60.8 Å². The second-order valence-corrected chi connectivity index (χ2v) is 4.86. The first kappa shape index (κ1) is 14.0. The van der Waals surface area contributed by atoms with E-state index in [1.54, 1.807) is 6.33 Å². The highest BCUT2D eigenvalue weighted by Crippen LogP contribution is 2.18. The molecule has 0 spiro atoms. The van der Waals surface area contributed by atoms with Crippen molar-refractivity contribution in [2.24, 2.45) is 0 Å². The molecular weight excluding hydrogens is 242 g/mol. The predicted octanol–water partition coefficient (Wildman–Crippen LogP) is 0.959. The van der Waals surface area contributed by atoms with Crippen molar-refractivity contribution < 1.29 is 4.74 Å². The first-order chi connectivity index (χ1) is 9.20. The van der Waals surface area contributed by atoms with Crippen LogP contribution in [0.1, 0.15) is 12.5 Å². The lowest BCUT2D eigenvalue weighted by Gasteiger charge is -2.30. The van der Waals surface area contributed by atoms with Crippen molar-refractivity contribution in [3.63, 3.8) is 0 Å². The molecule has 1 aliphatic heterocycles. The number of anilines is 2. The van der Waals surface area contributed by atoms with E-state index in [9.17, 15) is 0 Å². The number of likely N-dealkylation sites (N-methyl/N-ethyl adjacent to an activating group) is 1. The molecular formula is C13H23N5O. The van der Waals surface area contributed by atoms with E-state index < -0.39 is 0 Å². The Morgan fingerprint density at radius 2 is 2.11 bits per heavy atom. The molecule has 19 heavy (non-hydrogen) atoms. The summed E-state index contributed by atoms with van der Waals surface area (Å²) < 4.78 is 5.72. The highest BCUT2D eigenvalue weighted by atomic mass is 16.5. The third-order valence-electron chi connectivity index (χ3n) is 3.27. The van der Waals surface area contributed by atoms with Gasteiger partial charge >= 0.3 is 0 Å². The Balaban J connectivity index is 1.93. The van der Waals surface area contributed by atoms with Crippen LogP contribution in [0.25, 0.3) is 0 Å². The van der Waals surface area contributed by atoms with Crippen molar-refractivity contribution in [1.82, 2.24) is 14.9 Å². The van der Waals surface area contributed by atoms with E-state index >= 15 is 0 Å². The van der Waals surface area contributed by atoms with Gasteiger partial charge in [-0.25, -0.2) is 9.97 Å². The SMILES string of the molecule is CCNc1ncnc(NCC2CN(C)CCO2)c1C. The lowest BCUT2D eigenvalue weighted by atomic mass is 10.2. The molecule has 0 amide bonds. The Morgan fingerprint density at radius 1 is 1.37 bits per heavy atom. The van der Waals surface area contributed by atoms with Crippen LogP contribution in [0.3, 0.4) is 0 Å². The quantitative estimate of drug-likeness (QED) is 0.827. The molecule has 1 saturated heterocycles. The summed E-state index contributed by atoms with van der Waals surface area (Å²) in [4.78, 5) is 10.8. The standard InChI is InChI=1S/C13H23N5O/c1-4-14-12-10(2)13(17-9-16-12)15-7-11-8-18(3)5-6-19-11/h9,11H,4-8H2,1-3H3,(H2,14,15,16,17). The van der Waals surface area contributed by atoms with Gasteiger partial charge in [0.15, 0.2) is 0 Å². The zero-order valence-electron chi connectivity index (χ0n) is 11.9. The van der Waals surface area contributed by atoms with Gasteiger partial charge < -0.3 is 20.3 Å². The molecule has 2 heterocycles. The van der Waals surface area contributed by atoms with Gasteiger partial charge in [0.1, 0.15) is 18.0 Å². The second kappa shape index (κ2) is 6.68. The lowest BCUT2D eigenvalue weighted by Crippen LogP contribution is -2.43. The average molecular weight is 265 g/mol. The van der Waals surface area contributed by atoms with Crippen LogP contribution in [0, 0.1) is 6.92 Å². The third kappa shape index (κ3) is 3.78. The molecule has 106 valence electrons. The molecule has 1 atom stereocenters. The largest absolute Gasteiger partial charge is 0.374 e. The number of rotatable bonds is 5. The van der Waals surface area contributed by atoms with Crippen LogP contribution < -0.4 is 10.6 Å². The molecule has 0 bridgehead atoms. The Labute approximate surface area is 114 Å². The molecule has 6 nitrogen and oxygen atoms in total. The van der Waals surface area contributed by atoms with Crippen LogP contribution in [-0.2, 0) is 4.74 Å². The van der Waals surface area contributed by atoms with Crippen LogP contribution in [0.15, 0.2) is 6.33 Å². The summed E-state index contributed by atoms with van der Waals surface area (Å²) in [5.41, 5.74) is 1.05. The molecule has 1 aromatic rings. The monoisotopic (exact) mass is 265 g/mol. The molecule has 2 rings (SSSR count). The van der Waals surface area contributed by atoms with E-state index in [0.717, 1.165) is 50.0 Å². The highest BCUT2D eigenvalue weighted by molar-refractivity contribution is 5.56. The van der Waals surface area contributed by atoms with E-state index in [-0.39, 0.29) is 6.10 Å². The summed E-state index contributed by atoms with van der Waals surface area (Å²) >= 11 is 0. The number of hydrogen-bond acceptors (Lipinski definition) is 6. The minimum absolute atomic E-state index is 0.218. The molecule has 1 aromatic heterocycles. The van der Waals surface area contributed by atoms with Crippen LogP contribution in [0.2, 0.25) is 0 Å². The van der Waals surface area contributed by atoms with Crippen LogP contribution in [0.5, 0.6) is 0 Å². The first-order valence-electron chi connectivity index (χ1n) is 6.80. The van der Waals surface area contributed by atoms with Crippen LogP contribution in [0.4, 0.5) is 11.6 Å². The van der Waals surface area contributed by atoms with Crippen molar-refractivity contribution in [2.45, 2.75) is 20.0 Å². The molecule has 0 radical (unpaired) electrons. The van der Waals surface area contributed by atoms with Crippen molar-refractivity contribution in [2.75, 3.05) is 50.5 Å². The predicted molar refractivity (Wildman–Crippen MR) is 76.7 cm³/mol. The molecule has 0 aromatic carbocycles. The van der Waals surface area contributed by atoms with Gasteiger partial charge in [0.05, 0.1) is 12.7 Å². The Hall–Kier alpha value is -1.40. The molecule has 0 saturated carbocycles. The Morgan fingerprint density at radius 3 is 2.79 bits per heavy atom. The lowest BCUT2D eigenvalue weighted by molar-refractivity contribution is -0.0117. The van der Waals surface area contributed by atoms with Crippen molar-refractivity contribution in [1.29, 1.82) is 0 Å². The molecule has 6 heteroatoms. The summed E-state index contributed by atoms with van der Waals surface area (Å²) in [5.74, 6) is 1.77. The molecule has 0 aliphatic carbocycles. The topological polar surface area (TPSA) is 62.3 Å². The van der Waals surface area contributed by atoms with Gasteiger partial charge in [0, 0.05) is 31.7 Å². The van der Waals surface area contributed by atoms with E-state index in [1.807, 2.05) is 6.92 Å². The maximum Gasteiger partial charge on any atom is 0.134 e. The minimum Gasteiger partial charge on any atom is -0.374 e. The van der Waals surface area contributed by atoms with Crippen molar-refractivity contribution >= 4 is 11.6 Å². The number of aromatic nitrogens is 2. The zero-order valence-corrected chi connectivity index (χ0v) is 11.9. The second-order valence-electron chi connectivity index (χ2n) is 4.86. The van der Waals surface area contributed by atoms with E-state index in [4.69, 9.17) is 4.74 Å². The number of hydrogen-bond donors (Lipinski definition) is 2. The van der Waals surface area contributed by atoms with Crippen LogP contribution >= 0.6 is 0 Å². The van der Waals surface area contributed by atoms with Gasteiger partial charge in [-0.1, -0.05) is 0 Å². The van der Waals surface area contributed by atoms with Gasteiger partial charge in [0.2, 0.25) is 0 Å². The fourth-order valence-electron chi connectivity index (χ4n) is 2.17. The summed E-state index contributed by atoms with van der Waals surface area (Å²) in [6, 6.07) is 0. The maximum atomic E-state index is 5.72. The number of morpholine rings is 1. The van der Waals surface area contributed by atoms with Gasteiger partial charge in [-0.3, -0.25) is 0 Å². The summed E-state index contributed by atoms with van der Waals surface area (Å²) in [5, 5.41) is 6.59. The van der Waals surface area contributed by atoms with Gasteiger partial charge in [-0.2, -0.15) is 0 Å². The number of nitrogens with one attached hydrogen (secondary N) is 2.